The van der Waals surface area contributed by atoms with E-state index in [1.165, 1.54) is 48.5 Å². The third kappa shape index (κ3) is 3.35. The molecule has 1 N–H and O–H groups in total. The van der Waals surface area contributed by atoms with Crippen LogP contribution in [0.25, 0.3) is 0 Å². The molecule has 1 fully saturated rings. The zero-order chi connectivity index (χ0) is 16.6. The summed E-state index contributed by atoms with van der Waals surface area (Å²) < 4.78 is 6.55. The van der Waals surface area contributed by atoms with Gasteiger partial charge in [-0.15, -0.1) is 0 Å². The number of hydrogen-bond donors (Lipinski definition) is 1. The van der Waals surface area contributed by atoms with Crippen LogP contribution in [-0.4, -0.2) is 28.0 Å². The molecule has 128 valence electrons. The predicted molar refractivity (Wildman–Crippen MR) is 100 cm³/mol. The molecule has 23 heavy (non-hydrogen) atoms. The largest absolute Gasteiger partial charge is 0.507 e. The monoisotopic (exact) mass is 335 g/mol. The first-order valence-corrected chi connectivity index (χ1v) is 10.8. The summed E-state index contributed by atoms with van der Waals surface area (Å²) in [7, 11) is 0.632. The van der Waals surface area contributed by atoms with Gasteiger partial charge in [-0.1, -0.05) is 0 Å². The number of rotatable bonds is 3. The molecule has 2 aliphatic rings. The fourth-order valence-electron chi connectivity index (χ4n) is 3.93. The van der Waals surface area contributed by atoms with Crippen molar-refractivity contribution in [1.29, 1.82) is 0 Å². The van der Waals surface area contributed by atoms with Crippen molar-refractivity contribution in [2.24, 2.45) is 0 Å². The number of benzene rings is 1. The Morgan fingerprint density at radius 3 is 2.43 bits per heavy atom. The average molecular weight is 336 g/mol. The van der Waals surface area contributed by atoms with Crippen molar-refractivity contribution in [3.05, 3.63) is 22.3 Å². The van der Waals surface area contributed by atoms with Gasteiger partial charge in [0.15, 0.2) is 0 Å². The molecule has 1 aromatic carbocycles. The Kier molecular flexibility index (Phi) is 4.87. The average Bonchev–Trinajstić information content (AvgIpc) is 2.57. The molecule has 2 aliphatic heterocycles. The number of hydrogen-bond acceptors (Lipinski definition) is 2. The van der Waals surface area contributed by atoms with Gasteiger partial charge in [-0.25, -0.2) is 0 Å². The van der Waals surface area contributed by atoms with E-state index < -0.39 is 0 Å². The summed E-state index contributed by atoms with van der Waals surface area (Å²) in [5.41, 5.74) is 4.30. The molecule has 0 bridgehead atoms. The van der Waals surface area contributed by atoms with Crippen LogP contribution < -0.4 is 4.74 Å². The Morgan fingerprint density at radius 1 is 1.04 bits per heavy atom. The molecule has 0 saturated carbocycles. The number of phenolic OH excluding ortho intramolecular Hbond substituents is 1. The van der Waals surface area contributed by atoms with Gasteiger partial charge in [0.1, 0.15) is 34.4 Å². The molecule has 0 aromatic heterocycles. The molecule has 1 saturated heterocycles. The molecule has 0 amide bonds. The van der Waals surface area contributed by atoms with Crippen LogP contribution in [0.15, 0.2) is 0 Å². The number of aromatic hydroxyl groups is 1. The highest BCUT2D eigenvalue weighted by Gasteiger charge is 2.36. The van der Waals surface area contributed by atoms with E-state index in [1.807, 2.05) is 13.8 Å². The summed E-state index contributed by atoms with van der Waals surface area (Å²) >= 11 is 0. The maximum Gasteiger partial charge on any atom is 0.127 e. The van der Waals surface area contributed by atoms with Crippen LogP contribution >= 0.6 is 0 Å². The lowest BCUT2D eigenvalue weighted by Gasteiger charge is -2.38. The highest BCUT2D eigenvalue weighted by molar-refractivity contribution is 7.96. The van der Waals surface area contributed by atoms with E-state index in [4.69, 9.17) is 4.74 Å². The molecule has 0 spiro atoms. The van der Waals surface area contributed by atoms with E-state index >= 15 is 0 Å². The third-order valence-electron chi connectivity index (χ3n) is 5.88. The standard InChI is InChI=1S/C20H30O2S/c1-14-15(2)19-17(16(3)18(14)21)8-9-20(4,22-19)10-13-23-11-6-5-7-12-23/h5-13H2,1-4H3/p+1. The minimum absolute atomic E-state index is 0.0297. The van der Waals surface area contributed by atoms with Crippen LogP contribution in [0.5, 0.6) is 11.5 Å². The molecule has 2 nitrogen and oxygen atoms in total. The zero-order valence-electron chi connectivity index (χ0n) is 15.1. The zero-order valence-corrected chi connectivity index (χ0v) is 15.9. The van der Waals surface area contributed by atoms with Crippen molar-refractivity contribution in [2.75, 3.05) is 17.3 Å². The Morgan fingerprint density at radius 2 is 1.74 bits per heavy atom. The normalized spacial score (nSPS) is 25.0. The lowest BCUT2D eigenvalue weighted by Crippen LogP contribution is -2.39. The molecule has 1 unspecified atom stereocenters. The Balaban J connectivity index is 1.76. The van der Waals surface area contributed by atoms with Crippen molar-refractivity contribution in [3.63, 3.8) is 0 Å². The number of phenols is 1. The predicted octanol–water partition coefficient (Wildman–Crippen LogP) is 4.59. The first kappa shape index (κ1) is 17.0. The maximum atomic E-state index is 10.3. The first-order chi connectivity index (χ1) is 10.9. The van der Waals surface area contributed by atoms with Crippen LogP contribution in [0.2, 0.25) is 0 Å². The highest BCUT2D eigenvalue weighted by atomic mass is 32.2. The summed E-state index contributed by atoms with van der Waals surface area (Å²) in [6, 6.07) is 0. The fourth-order valence-corrected chi connectivity index (χ4v) is 6.48. The smallest absolute Gasteiger partial charge is 0.127 e. The molecule has 1 atom stereocenters. The Bertz CT molecular complexity index is 590. The summed E-state index contributed by atoms with van der Waals surface area (Å²) in [5.74, 6) is 5.73. The van der Waals surface area contributed by atoms with Crippen LogP contribution in [0.3, 0.4) is 0 Å². The Hall–Kier alpha value is -0.830. The van der Waals surface area contributed by atoms with Gasteiger partial charge in [0.05, 0.1) is 0 Å². The van der Waals surface area contributed by atoms with Crippen LogP contribution in [-0.2, 0) is 17.3 Å². The van der Waals surface area contributed by atoms with Gasteiger partial charge < -0.3 is 9.84 Å². The van der Waals surface area contributed by atoms with Crippen molar-refractivity contribution in [2.45, 2.75) is 71.8 Å². The van der Waals surface area contributed by atoms with E-state index in [0.717, 1.165) is 35.3 Å². The van der Waals surface area contributed by atoms with Gasteiger partial charge in [0.25, 0.3) is 0 Å². The lowest BCUT2D eigenvalue weighted by atomic mass is 9.86. The molecule has 3 heteroatoms. The SMILES string of the molecule is Cc1c(C)c2c(c(C)c1O)CCC(C)(CC[S+]1CCCCC1)O2. The molecule has 0 radical (unpaired) electrons. The van der Waals surface area contributed by atoms with E-state index in [0.29, 0.717) is 16.6 Å². The second-order valence-corrected chi connectivity index (χ2v) is 10.1. The van der Waals surface area contributed by atoms with Gasteiger partial charge in [0, 0.05) is 12.0 Å². The van der Waals surface area contributed by atoms with Crippen LogP contribution in [0.4, 0.5) is 0 Å². The molecule has 2 heterocycles. The van der Waals surface area contributed by atoms with Gasteiger partial charge in [-0.2, -0.15) is 0 Å². The summed E-state index contributed by atoms with van der Waals surface area (Å²) in [6.07, 6.45) is 7.57. The minimum Gasteiger partial charge on any atom is -0.507 e. The quantitative estimate of drug-likeness (QED) is 0.819. The lowest BCUT2D eigenvalue weighted by molar-refractivity contribution is 0.0609. The first-order valence-electron chi connectivity index (χ1n) is 9.06. The van der Waals surface area contributed by atoms with Crippen molar-refractivity contribution >= 4 is 10.9 Å². The molecule has 3 rings (SSSR count). The van der Waals surface area contributed by atoms with E-state index in [9.17, 15) is 5.11 Å². The molecule has 1 aromatic rings. The van der Waals surface area contributed by atoms with E-state index in [1.54, 1.807) is 0 Å². The molecule has 0 aliphatic carbocycles. The third-order valence-corrected chi connectivity index (χ3v) is 8.39. The maximum absolute atomic E-state index is 10.3. The van der Waals surface area contributed by atoms with Crippen molar-refractivity contribution in [3.8, 4) is 11.5 Å². The summed E-state index contributed by atoms with van der Waals surface area (Å²) in [6.45, 7) is 8.40. The summed E-state index contributed by atoms with van der Waals surface area (Å²) in [5, 5.41) is 10.3. The van der Waals surface area contributed by atoms with Gasteiger partial charge in [0.2, 0.25) is 0 Å². The van der Waals surface area contributed by atoms with Crippen molar-refractivity contribution < 1.29 is 9.84 Å². The Labute approximate surface area is 144 Å². The van der Waals surface area contributed by atoms with E-state index in [2.05, 4.69) is 13.8 Å². The molecular weight excluding hydrogens is 304 g/mol. The van der Waals surface area contributed by atoms with Crippen LogP contribution in [0, 0.1) is 20.8 Å². The fraction of sp³-hybridized carbons (Fsp3) is 0.700. The topological polar surface area (TPSA) is 29.5 Å². The number of ether oxygens (including phenoxy) is 1. The van der Waals surface area contributed by atoms with E-state index in [-0.39, 0.29) is 5.60 Å². The van der Waals surface area contributed by atoms with Crippen LogP contribution in [0.1, 0.15) is 61.3 Å². The second-order valence-electron chi connectivity index (χ2n) is 7.62. The van der Waals surface area contributed by atoms with Gasteiger partial charge >= 0.3 is 0 Å². The second kappa shape index (κ2) is 6.58. The molecular formula is C20H31O2S+. The van der Waals surface area contributed by atoms with Gasteiger partial charge in [-0.05, 0) is 87.4 Å². The van der Waals surface area contributed by atoms with Gasteiger partial charge in [-0.3, -0.25) is 0 Å². The van der Waals surface area contributed by atoms with Crippen molar-refractivity contribution in [1.82, 2.24) is 0 Å². The highest BCUT2D eigenvalue weighted by Crippen LogP contribution is 2.44. The summed E-state index contributed by atoms with van der Waals surface area (Å²) in [4.78, 5) is 0. The number of fused-ring (bicyclic) bond motifs is 1. The minimum atomic E-state index is -0.0297.